The maximum atomic E-state index is 6.37. The fourth-order valence-corrected chi connectivity index (χ4v) is 4.25. The molecule has 5 rings (SSSR count). The Labute approximate surface area is 153 Å². The van der Waals surface area contributed by atoms with Crippen molar-refractivity contribution in [2.75, 3.05) is 23.8 Å². The molecule has 1 heterocycles. The van der Waals surface area contributed by atoms with Crippen molar-refractivity contribution >= 4 is 33.8 Å². The number of guanidine groups is 1. The Morgan fingerprint density at radius 3 is 2.88 bits per heavy atom. The Balaban J connectivity index is 1.52. The van der Waals surface area contributed by atoms with Crippen LogP contribution in [0.1, 0.15) is 16.7 Å². The lowest BCUT2D eigenvalue weighted by molar-refractivity contribution is 1.02. The molecule has 1 aliphatic carbocycles. The SMILES string of the molecule is CN(C(N)=Nc1ccc2c(c1)CCN2)c1ccc2cccc3c2c1CC3. The summed E-state index contributed by atoms with van der Waals surface area (Å²) in [6.07, 6.45) is 3.21. The van der Waals surface area contributed by atoms with Gasteiger partial charge in [0.1, 0.15) is 0 Å². The molecule has 1 aliphatic heterocycles. The van der Waals surface area contributed by atoms with Crippen LogP contribution in [0.15, 0.2) is 53.5 Å². The molecule has 3 N–H and O–H groups in total. The standard InChI is InChI=1S/C22H22N4/c1-26(22(23)25-17-7-9-19-16(13-17)11-12-24-19)20-10-6-15-4-2-3-14-5-8-18(20)21(14)15/h2-4,6-7,9-10,13,24H,5,8,11-12H2,1H3,(H2,23,25). The number of nitrogens with one attached hydrogen (secondary N) is 1. The van der Waals surface area contributed by atoms with Crippen LogP contribution in [-0.2, 0) is 19.3 Å². The number of aryl methyl sites for hydroxylation is 2. The van der Waals surface area contributed by atoms with Crippen LogP contribution in [0.4, 0.5) is 17.1 Å². The van der Waals surface area contributed by atoms with Gasteiger partial charge in [-0.2, -0.15) is 0 Å². The average Bonchev–Trinajstić information content (AvgIpc) is 3.29. The number of fused-ring (bicyclic) bond motifs is 1. The molecular formula is C22H22N4. The van der Waals surface area contributed by atoms with Crippen LogP contribution >= 0.6 is 0 Å². The second-order valence-corrected chi connectivity index (χ2v) is 7.13. The summed E-state index contributed by atoms with van der Waals surface area (Å²) in [6, 6.07) is 17.2. The lowest BCUT2D eigenvalue weighted by Crippen LogP contribution is -2.34. The van der Waals surface area contributed by atoms with Crippen molar-refractivity contribution in [2.24, 2.45) is 10.7 Å². The van der Waals surface area contributed by atoms with Crippen molar-refractivity contribution in [2.45, 2.75) is 19.3 Å². The summed E-state index contributed by atoms with van der Waals surface area (Å²) < 4.78 is 0. The van der Waals surface area contributed by atoms with Gasteiger partial charge in [0.05, 0.1) is 5.69 Å². The monoisotopic (exact) mass is 342 g/mol. The molecule has 0 amide bonds. The predicted molar refractivity (Wildman–Crippen MR) is 110 cm³/mol. The van der Waals surface area contributed by atoms with Crippen LogP contribution in [0.5, 0.6) is 0 Å². The minimum absolute atomic E-state index is 0.524. The fraction of sp³-hybridized carbons (Fsp3) is 0.227. The number of hydrogen-bond donors (Lipinski definition) is 2. The Bertz CT molecular complexity index is 1050. The van der Waals surface area contributed by atoms with Gasteiger partial charge in [-0.05, 0) is 71.0 Å². The number of rotatable bonds is 2. The van der Waals surface area contributed by atoms with E-state index < -0.39 is 0 Å². The number of nitrogens with two attached hydrogens (primary N) is 1. The van der Waals surface area contributed by atoms with Crippen LogP contribution in [0.2, 0.25) is 0 Å². The van der Waals surface area contributed by atoms with Gasteiger partial charge in [-0.15, -0.1) is 0 Å². The predicted octanol–water partition coefficient (Wildman–Crippen LogP) is 3.99. The molecule has 0 radical (unpaired) electrons. The van der Waals surface area contributed by atoms with E-state index in [2.05, 4.69) is 52.8 Å². The first-order chi connectivity index (χ1) is 12.7. The van der Waals surface area contributed by atoms with Crippen molar-refractivity contribution < 1.29 is 0 Å². The summed E-state index contributed by atoms with van der Waals surface area (Å²) in [5.74, 6) is 0.524. The van der Waals surface area contributed by atoms with E-state index in [-0.39, 0.29) is 0 Å². The Morgan fingerprint density at radius 1 is 1.04 bits per heavy atom. The molecule has 3 aromatic carbocycles. The highest BCUT2D eigenvalue weighted by Gasteiger charge is 2.20. The molecule has 130 valence electrons. The molecular weight excluding hydrogens is 320 g/mol. The highest BCUT2D eigenvalue weighted by Crippen LogP contribution is 2.37. The van der Waals surface area contributed by atoms with Gasteiger partial charge in [0.15, 0.2) is 0 Å². The van der Waals surface area contributed by atoms with Gasteiger partial charge in [-0.3, -0.25) is 0 Å². The number of nitrogens with zero attached hydrogens (tertiary/aromatic N) is 2. The molecule has 0 spiro atoms. The molecule has 0 saturated heterocycles. The molecule has 26 heavy (non-hydrogen) atoms. The third kappa shape index (κ3) is 2.33. The van der Waals surface area contributed by atoms with E-state index in [4.69, 9.17) is 5.73 Å². The van der Waals surface area contributed by atoms with Crippen molar-refractivity contribution in [3.63, 3.8) is 0 Å². The van der Waals surface area contributed by atoms with Gasteiger partial charge in [-0.1, -0.05) is 24.3 Å². The Hall–Kier alpha value is -3.01. The highest BCUT2D eigenvalue weighted by atomic mass is 15.2. The first-order valence-electron chi connectivity index (χ1n) is 9.19. The van der Waals surface area contributed by atoms with Crippen molar-refractivity contribution in [1.29, 1.82) is 0 Å². The number of hydrogen-bond acceptors (Lipinski definition) is 2. The normalized spacial score (nSPS) is 15.2. The minimum Gasteiger partial charge on any atom is -0.384 e. The number of anilines is 2. The van der Waals surface area contributed by atoms with Gasteiger partial charge in [0, 0.05) is 25.0 Å². The summed E-state index contributed by atoms with van der Waals surface area (Å²) in [7, 11) is 2.01. The topological polar surface area (TPSA) is 53.6 Å². The van der Waals surface area contributed by atoms with Gasteiger partial charge in [-0.25, -0.2) is 4.99 Å². The molecule has 2 aliphatic rings. The zero-order valence-corrected chi connectivity index (χ0v) is 14.9. The Kier molecular flexibility index (Phi) is 3.38. The van der Waals surface area contributed by atoms with E-state index >= 15 is 0 Å². The smallest absolute Gasteiger partial charge is 0.200 e. The summed E-state index contributed by atoms with van der Waals surface area (Å²) in [6.45, 7) is 1.00. The van der Waals surface area contributed by atoms with Crippen LogP contribution in [-0.4, -0.2) is 19.6 Å². The van der Waals surface area contributed by atoms with Gasteiger partial charge in [0.25, 0.3) is 0 Å². The maximum Gasteiger partial charge on any atom is 0.200 e. The molecule has 0 unspecified atom stereocenters. The molecule has 0 fully saturated rings. The van der Waals surface area contributed by atoms with E-state index in [0.29, 0.717) is 5.96 Å². The first kappa shape index (κ1) is 15.3. The van der Waals surface area contributed by atoms with Crippen molar-refractivity contribution in [1.82, 2.24) is 0 Å². The van der Waals surface area contributed by atoms with E-state index in [1.165, 1.54) is 33.2 Å². The second kappa shape index (κ2) is 5.77. The fourth-order valence-electron chi connectivity index (χ4n) is 4.25. The molecule has 0 atom stereocenters. The lowest BCUT2D eigenvalue weighted by atomic mass is 10.0. The number of aliphatic imine (C=N–C) groups is 1. The molecule has 0 aromatic heterocycles. The molecule has 3 aromatic rings. The maximum absolute atomic E-state index is 6.37. The van der Waals surface area contributed by atoms with Crippen molar-refractivity contribution in [3.05, 3.63) is 65.2 Å². The van der Waals surface area contributed by atoms with Crippen LogP contribution in [0, 0.1) is 0 Å². The van der Waals surface area contributed by atoms with Crippen molar-refractivity contribution in [3.8, 4) is 0 Å². The molecule has 0 saturated carbocycles. The highest BCUT2D eigenvalue weighted by molar-refractivity contribution is 6.02. The average molecular weight is 342 g/mol. The molecule has 0 bridgehead atoms. The number of benzene rings is 3. The van der Waals surface area contributed by atoms with E-state index in [0.717, 1.165) is 37.2 Å². The van der Waals surface area contributed by atoms with E-state index in [9.17, 15) is 0 Å². The Morgan fingerprint density at radius 2 is 1.96 bits per heavy atom. The van der Waals surface area contributed by atoms with Gasteiger partial charge < -0.3 is 16.0 Å². The lowest BCUT2D eigenvalue weighted by Gasteiger charge is -2.21. The van der Waals surface area contributed by atoms with Crippen LogP contribution < -0.4 is 16.0 Å². The van der Waals surface area contributed by atoms with E-state index in [1.54, 1.807) is 0 Å². The van der Waals surface area contributed by atoms with Gasteiger partial charge >= 0.3 is 0 Å². The van der Waals surface area contributed by atoms with Gasteiger partial charge in [0.2, 0.25) is 5.96 Å². The summed E-state index contributed by atoms with van der Waals surface area (Å²) in [5, 5.41) is 6.09. The zero-order valence-electron chi connectivity index (χ0n) is 14.9. The molecule has 4 heteroatoms. The minimum atomic E-state index is 0.524. The largest absolute Gasteiger partial charge is 0.384 e. The van der Waals surface area contributed by atoms with Crippen LogP contribution in [0.25, 0.3) is 10.8 Å². The summed E-state index contributed by atoms with van der Waals surface area (Å²) in [4.78, 5) is 6.69. The summed E-state index contributed by atoms with van der Waals surface area (Å²) >= 11 is 0. The zero-order chi connectivity index (χ0) is 17.7. The van der Waals surface area contributed by atoms with Crippen LogP contribution in [0.3, 0.4) is 0 Å². The second-order valence-electron chi connectivity index (χ2n) is 7.13. The summed E-state index contributed by atoms with van der Waals surface area (Å²) in [5.41, 5.74) is 13.8. The molecule has 4 nitrogen and oxygen atoms in total. The third-order valence-electron chi connectivity index (χ3n) is 5.61. The first-order valence-corrected chi connectivity index (χ1v) is 9.19. The van der Waals surface area contributed by atoms with E-state index in [1.807, 2.05) is 18.0 Å². The quantitative estimate of drug-likeness (QED) is 0.547. The third-order valence-corrected chi connectivity index (χ3v) is 5.61.